The van der Waals surface area contributed by atoms with Gasteiger partial charge in [0.2, 0.25) is 0 Å². The first-order chi connectivity index (χ1) is 20.5. The summed E-state index contributed by atoms with van der Waals surface area (Å²) < 4.78 is 10.2. The van der Waals surface area contributed by atoms with E-state index in [0.29, 0.717) is 17.5 Å². The zero-order chi connectivity index (χ0) is 31.2. The number of ether oxygens (including phenoxy) is 2. The van der Waals surface area contributed by atoms with Crippen LogP contribution >= 0.6 is 0 Å². The third kappa shape index (κ3) is 5.09. The van der Waals surface area contributed by atoms with Gasteiger partial charge >= 0.3 is 11.9 Å². The molecule has 0 unspecified atom stereocenters. The first-order valence-corrected chi connectivity index (χ1v) is 14.8. The summed E-state index contributed by atoms with van der Waals surface area (Å²) in [7, 11) is 2.80. The second kappa shape index (κ2) is 11.7. The maximum absolute atomic E-state index is 13.2. The number of nitrogens with one attached hydrogen (secondary N) is 2. The van der Waals surface area contributed by atoms with Gasteiger partial charge in [-0.05, 0) is 86.6 Å². The first-order valence-electron chi connectivity index (χ1n) is 14.8. The van der Waals surface area contributed by atoms with Gasteiger partial charge in [0.1, 0.15) is 0 Å². The highest BCUT2D eigenvalue weighted by atomic mass is 16.5. The predicted molar refractivity (Wildman–Crippen MR) is 172 cm³/mol. The van der Waals surface area contributed by atoms with Crippen LogP contribution in [0.15, 0.2) is 24.8 Å². The maximum atomic E-state index is 13.2. The molecular formula is C35H40N4O4. The number of H-pyrrole nitrogens is 2. The van der Waals surface area contributed by atoms with Crippen molar-refractivity contribution in [2.24, 2.45) is 0 Å². The van der Waals surface area contributed by atoms with Gasteiger partial charge in [0.05, 0.1) is 36.7 Å². The standard InChI is InChI=1S/C35H40N4O4/c1-10-22-17(3)25-14-27-19(5)24(12-13-31(40)42-8)33(38-27)21(7)34-32(35(41)43-9)20(6)28(39-34)16-30-23(11-2)18(4)26(37-30)15-29(22)36-25/h10,14-16,19,24,36,39H,1,11-13H2,2-9H3/t19-,24-/m0/s1. The topological polar surface area (TPSA) is 110 Å². The van der Waals surface area contributed by atoms with E-state index < -0.39 is 5.97 Å². The van der Waals surface area contributed by atoms with Crippen molar-refractivity contribution < 1.29 is 19.1 Å². The molecule has 0 spiro atoms. The molecule has 8 nitrogen and oxygen atoms in total. The molecule has 224 valence electrons. The molecular weight excluding hydrogens is 540 g/mol. The third-order valence-electron chi connectivity index (χ3n) is 9.16. The summed E-state index contributed by atoms with van der Waals surface area (Å²) >= 11 is 0. The normalized spacial score (nSPS) is 16.4. The van der Waals surface area contributed by atoms with Gasteiger partial charge in [-0.25, -0.2) is 9.78 Å². The van der Waals surface area contributed by atoms with Gasteiger partial charge in [-0.2, -0.15) is 0 Å². The Hall–Kier alpha value is -4.46. The number of carbonyl (C=O) groups is 2. The molecule has 2 atom stereocenters. The van der Waals surface area contributed by atoms with Crippen molar-refractivity contribution in [1.82, 2.24) is 19.9 Å². The van der Waals surface area contributed by atoms with Gasteiger partial charge in [-0.1, -0.05) is 26.5 Å². The number of rotatable bonds is 6. The SMILES string of the molecule is C=Cc1c(C)c2cc3nc(c(C)c4[nH]c(cc5nc(cc1[nH]2)C(C)=C5CC)c(C)c4C(=O)OC)[C@@H](CCC(=O)OC)[C@@H]3C. The zero-order valence-electron chi connectivity index (χ0n) is 26.3. The van der Waals surface area contributed by atoms with Crippen LogP contribution in [-0.4, -0.2) is 46.1 Å². The summed E-state index contributed by atoms with van der Waals surface area (Å²) in [6.45, 7) is 16.4. The van der Waals surface area contributed by atoms with Crippen LogP contribution in [0, 0.1) is 20.8 Å². The minimum Gasteiger partial charge on any atom is -0.469 e. The summed E-state index contributed by atoms with van der Waals surface area (Å²) in [5, 5.41) is 0. The van der Waals surface area contributed by atoms with Crippen molar-refractivity contribution in [3.8, 4) is 0 Å². The molecule has 3 aromatic rings. The van der Waals surface area contributed by atoms with Crippen LogP contribution in [0.4, 0.5) is 0 Å². The lowest BCUT2D eigenvalue weighted by atomic mass is 9.86. The summed E-state index contributed by atoms with van der Waals surface area (Å²) in [6, 6.07) is 6.20. The Bertz CT molecular complexity index is 1860. The van der Waals surface area contributed by atoms with Crippen LogP contribution < -0.4 is 0 Å². The van der Waals surface area contributed by atoms with Crippen molar-refractivity contribution in [3.63, 3.8) is 0 Å². The van der Waals surface area contributed by atoms with Gasteiger partial charge < -0.3 is 19.4 Å². The number of nitrogens with zero attached hydrogens (tertiary/aromatic N) is 2. The molecule has 0 fully saturated rings. The summed E-state index contributed by atoms with van der Waals surface area (Å²) in [6.07, 6.45) is 3.52. The van der Waals surface area contributed by atoms with Gasteiger partial charge in [0.15, 0.2) is 0 Å². The van der Waals surface area contributed by atoms with E-state index in [2.05, 4.69) is 56.4 Å². The average molecular weight is 581 g/mol. The highest BCUT2D eigenvalue weighted by Gasteiger charge is 2.32. The van der Waals surface area contributed by atoms with Gasteiger partial charge in [0, 0.05) is 51.8 Å². The fraction of sp³-hybridized carbons (Fsp3) is 0.371. The van der Waals surface area contributed by atoms with Crippen LogP contribution in [0.2, 0.25) is 0 Å². The molecule has 43 heavy (non-hydrogen) atoms. The number of methoxy groups -OCH3 is 2. The van der Waals surface area contributed by atoms with Crippen LogP contribution in [0.1, 0.15) is 107 Å². The second-order valence-electron chi connectivity index (χ2n) is 11.4. The van der Waals surface area contributed by atoms with Crippen molar-refractivity contribution in [2.75, 3.05) is 14.2 Å². The lowest BCUT2D eigenvalue weighted by Gasteiger charge is -2.16. The van der Waals surface area contributed by atoms with E-state index in [4.69, 9.17) is 19.4 Å². The first kappa shape index (κ1) is 30.0. The Morgan fingerprint density at radius 2 is 1.63 bits per heavy atom. The van der Waals surface area contributed by atoms with E-state index in [0.717, 1.165) is 79.1 Å². The van der Waals surface area contributed by atoms with Gasteiger partial charge in [0.25, 0.3) is 0 Å². The van der Waals surface area contributed by atoms with Crippen molar-refractivity contribution >= 4 is 51.2 Å². The van der Waals surface area contributed by atoms with Gasteiger partial charge in [-0.3, -0.25) is 9.78 Å². The van der Waals surface area contributed by atoms with Crippen molar-refractivity contribution in [3.05, 3.63) is 75.4 Å². The molecule has 0 amide bonds. The van der Waals surface area contributed by atoms with E-state index in [9.17, 15) is 9.59 Å². The van der Waals surface area contributed by atoms with Crippen LogP contribution in [-0.2, 0) is 14.3 Å². The average Bonchev–Trinajstić information content (AvgIpc) is 3.68. The monoisotopic (exact) mass is 580 g/mol. The summed E-state index contributed by atoms with van der Waals surface area (Å²) in [5.41, 5.74) is 13.3. The summed E-state index contributed by atoms with van der Waals surface area (Å²) in [5.74, 6) is -0.723. The zero-order valence-corrected chi connectivity index (χ0v) is 26.3. The fourth-order valence-corrected chi connectivity index (χ4v) is 6.51. The molecule has 0 saturated carbocycles. The molecule has 5 heterocycles. The van der Waals surface area contributed by atoms with E-state index >= 15 is 0 Å². The maximum Gasteiger partial charge on any atom is 0.340 e. The highest BCUT2D eigenvalue weighted by molar-refractivity contribution is 6.03. The van der Waals surface area contributed by atoms with E-state index in [-0.39, 0.29) is 24.2 Å². The molecule has 8 bridgehead atoms. The van der Waals surface area contributed by atoms with Crippen LogP contribution in [0.25, 0.3) is 39.3 Å². The number of carbonyl (C=O) groups excluding carboxylic acids is 2. The number of aromatic amines is 2. The molecule has 2 N–H and O–H groups in total. The number of hydrogen-bond acceptors (Lipinski definition) is 6. The minimum absolute atomic E-state index is 0.0181. The third-order valence-corrected chi connectivity index (χ3v) is 9.16. The molecule has 8 heteroatoms. The molecule has 5 rings (SSSR count). The Labute approximate surface area is 252 Å². The molecule has 2 aliphatic rings. The Morgan fingerprint density at radius 3 is 2.28 bits per heavy atom. The highest BCUT2D eigenvalue weighted by Crippen LogP contribution is 2.42. The summed E-state index contributed by atoms with van der Waals surface area (Å²) in [4.78, 5) is 42.8. The Morgan fingerprint density at radius 1 is 0.930 bits per heavy atom. The lowest BCUT2D eigenvalue weighted by molar-refractivity contribution is -0.140. The molecule has 0 aromatic carbocycles. The van der Waals surface area contributed by atoms with Crippen LogP contribution in [0.3, 0.4) is 0 Å². The van der Waals surface area contributed by atoms with Crippen LogP contribution in [0.5, 0.6) is 0 Å². The number of esters is 2. The van der Waals surface area contributed by atoms with E-state index in [1.807, 2.05) is 26.0 Å². The Kier molecular flexibility index (Phi) is 8.14. The van der Waals surface area contributed by atoms with E-state index in [1.165, 1.54) is 14.2 Å². The number of aryl methyl sites for hydroxylation is 3. The largest absolute Gasteiger partial charge is 0.469 e. The van der Waals surface area contributed by atoms with Crippen molar-refractivity contribution in [2.45, 2.75) is 72.6 Å². The molecule has 3 aromatic heterocycles. The van der Waals surface area contributed by atoms with Gasteiger partial charge in [-0.15, -0.1) is 0 Å². The quantitative estimate of drug-likeness (QED) is 0.287. The van der Waals surface area contributed by atoms with Crippen molar-refractivity contribution in [1.29, 1.82) is 0 Å². The minimum atomic E-state index is -0.420. The Balaban J connectivity index is 1.97. The number of fused-ring (bicyclic) bond motifs is 8. The molecule has 2 aliphatic heterocycles. The number of aromatic nitrogens is 4. The molecule has 0 radical (unpaired) electrons. The lowest BCUT2D eigenvalue weighted by Crippen LogP contribution is -2.09. The number of hydrogen-bond donors (Lipinski definition) is 2. The van der Waals surface area contributed by atoms with E-state index in [1.54, 1.807) is 0 Å². The molecule has 0 aliphatic carbocycles. The smallest absolute Gasteiger partial charge is 0.340 e. The predicted octanol–water partition coefficient (Wildman–Crippen LogP) is 7.85. The fourth-order valence-electron chi connectivity index (χ4n) is 6.51. The number of allylic oxidation sites excluding steroid dienone is 2. The molecule has 0 saturated heterocycles. The second-order valence-corrected chi connectivity index (χ2v) is 11.4.